The van der Waals surface area contributed by atoms with Gasteiger partial charge < -0.3 is 5.32 Å². The summed E-state index contributed by atoms with van der Waals surface area (Å²) in [5.41, 5.74) is 1.17. The maximum absolute atomic E-state index is 6.44. The first-order chi connectivity index (χ1) is 10.2. The molecule has 1 aromatic rings. The minimum atomic E-state index is 0.333. The largest absolute Gasteiger partial charge is 0.310 e. The highest BCUT2D eigenvalue weighted by Gasteiger charge is 2.21. The van der Waals surface area contributed by atoms with Gasteiger partial charge in [-0.3, -0.25) is 0 Å². The van der Waals surface area contributed by atoms with Gasteiger partial charge in [-0.1, -0.05) is 80.8 Å². The first-order valence-corrected chi connectivity index (χ1v) is 9.15. The van der Waals surface area contributed by atoms with Gasteiger partial charge in [0.1, 0.15) is 0 Å². The van der Waals surface area contributed by atoms with Gasteiger partial charge in [-0.2, -0.15) is 0 Å². The molecule has 1 atom stereocenters. The van der Waals surface area contributed by atoms with Crippen molar-refractivity contribution in [1.82, 2.24) is 5.32 Å². The minimum absolute atomic E-state index is 0.333. The summed E-state index contributed by atoms with van der Waals surface area (Å²) < 4.78 is 0. The van der Waals surface area contributed by atoms with E-state index in [-0.39, 0.29) is 0 Å². The number of halogens is 2. The van der Waals surface area contributed by atoms with Gasteiger partial charge >= 0.3 is 0 Å². The summed E-state index contributed by atoms with van der Waals surface area (Å²) in [4.78, 5) is 0. The molecule has 0 aromatic heterocycles. The SMILES string of the molecule is CCCNC(CC1CCCCCC1)c1cccc(Cl)c1Cl. The maximum atomic E-state index is 6.44. The van der Waals surface area contributed by atoms with E-state index in [1.165, 1.54) is 50.5 Å². The van der Waals surface area contributed by atoms with Crippen LogP contribution in [0.25, 0.3) is 0 Å². The van der Waals surface area contributed by atoms with Gasteiger partial charge in [-0.25, -0.2) is 0 Å². The summed E-state index contributed by atoms with van der Waals surface area (Å²) in [5, 5.41) is 5.07. The normalized spacial score (nSPS) is 18.4. The molecular weight excluding hydrogens is 301 g/mol. The van der Waals surface area contributed by atoms with Gasteiger partial charge in [0.15, 0.2) is 0 Å². The third-order valence-electron chi connectivity index (χ3n) is 4.54. The molecule has 1 N–H and O–H groups in total. The highest BCUT2D eigenvalue weighted by atomic mass is 35.5. The fourth-order valence-electron chi connectivity index (χ4n) is 3.36. The van der Waals surface area contributed by atoms with E-state index < -0.39 is 0 Å². The molecule has 1 saturated carbocycles. The van der Waals surface area contributed by atoms with Crippen molar-refractivity contribution in [3.63, 3.8) is 0 Å². The van der Waals surface area contributed by atoms with Crippen molar-refractivity contribution in [1.29, 1.82) is 0 Å². The predicted octanol–water partition coefficient (Wildman–Crippen LogP) is 6.39. The standard InChI is InChI=1S/C18H27Cl2N/c1-2-12-21-17(13-14-8-5-3-4-6-9-14)15-10-7-11-16(19)18(15)20/h7,10-11,14,17,21H,2-6,8-9,12-13H2,1H3. The van der Waals surface area contributed by atoms with Crippen molar-refractivity contribution in [2.24, 2.45) is 5.92 Å². The van der Waals surface area contributed by atoms with Crippen LogP contribution >= 0.6 is 23.2 Å². The lowest BCUT2D eigenvalue weighted by atomic mass is 9.89. The predicted molar refractivity (Wildman–Crippen MR) is 93.3 cm³/mol. The van der Waals surface area contributed by atoms with Crippen molar-refractivity contribution in [2.75, 3.05) is 6.54 Å². The smallest absolute Gasteiger partial charge is 0.0640 e. The van der Waals surface area contributed by atoms with E-state index in [2.05, 4.69) is 18.3 Å². The monoisotopic (exact) mass is 327 g/mol. The second-order valence-corrected chi connectivity index (χ2v) is 7.03. The fraction of sp³-hybridized carbons (Fsp3) is 0.667. The van der Waals surface area contributed by atoms with E-state index in [4.69, 9.17) is 23.2 Å². The highest BCUT2D eigenvalue weighted by molar-refractivity contribution is 6.42. The van der Waals surface area contributed by atoms with E-state index in [1.807, 2.05) is 12.1 Å². The molecule has 0 amide bonds. The van der Waals surface area contributed by atoms with Crippen LogP contribution in [-0.2, 0) is 0 Å². The zero-order chi connectivity index (χ0) is 15.1. The molecule has 0 bridgehead atoms. The van der Waals surface area contributed by atoms with Crippen LogP contribution in [0, 0.1) is 5.92 Å². The Morgan fingerprint density at radius 3 is 2.52 bits per heavy atom. The molecule has 0 spiro atoms. The Balaban J connectivity index is 2.11. The van der Waals surface area contributed by atoms with Crippen molar-refractivity contribution in [3.8, 4) is 0 Å². The molecule has 1 aliphatic carbocycles. The Morgan fingerprint density at radius 2 is 1.86 bits per heavy atom. The van der Waals surface area contributed by atoms with Crippen LogP contribution < -0.4 is 5.32 Å². The molecule has 21 heavy (non-hydrogen) atoms. The lowest BCUT2D eigenvalue weighted by molar-refractivity contribution is 0.356. The third kappa shape index (κ3) is 5.16. The Labute approximate surface area is 139 Å². The van der Waals surface area contributed by atoms with E-state index in [0.717, 1.165) is 23.9 Å². The van der Waals surface area contributed by atoms with Crippen LogP contribution in [0.3, 0.4) is 0 Å². The van der Waals surface area contributed by atoms with Crippen LogP contribution in [0.5, 0.6) is 0 Å². The summed E-state index contributed by atoms with van der Waals surface area (Å²) in [7, 11) is 0. The van der Waals surface area contributed by atoms with Gasteiger partial charge in [0.2, 0.25) is 0 Å². The third-order valence-corrected chi connectivity index (χ3v) is 5.37. The second kappa shape index (κ2) is 9.02. The Hall–Kier alpha value is -0.240. The van der Waals surface area contributed by atoms with Gasteiger partial charge in [0.05, 0.1) is 10.0 Å². The molecule has 0 aliphatic heterocycles. The minimum Gasteiger partial charge on any atom is -0.310 e. The molecule has 2 rings (SSSR count). The molecule has 0 heterocycles. The fourth-order valence-corrected chi connectivity index (χ4v) is 3.80. The lowest BCUT2D eigenvalue weighted by Crippen LogP contribution is -2.25. The Morgan fingerprint density at radius 1 is 1.14 bits per heavy atom. The maximum Gasteiger partial charge on any atom is 0.0640 e. The molecular formula is C18H27Cl2N. The summed E-state index contributed by atoms with van der Waals surface area (Å²) in [6, 6.07) is 6.34. The van der Waals surface area contributed by atoms with Gasteiger partial charge in [-0.05, 0) is 36.9 Å². The molecule has 3 heteroatoms. The average molecular weight is 328 g/mol. The van der Waals surface area contributed by atoms with Crippen molar-refractivity contribution in [2.45, 2.75) is 64.3 Å². The summed E-state index contributed by atoms with van der Waals surface area (Å²) in [6.07, 6.45) is 10.6. The second-order valence-electron chi connectivity index (χ2n) is 6.24. The zero-order valence-electron chi connectivity index (χ0n) is 13.0. The Kier molecular flexibility index (Phi) is 7.36. The number of benzene rings is 1. The van der Waals surface area contributed by atoms with Gasteiger partial charge in [-0.15, -0.1) is 0 Å². The van der Waals surface area contributed by atoms with E-state index in [9.17, 15) is 0 Å². The summed E-state index contributed by atoms with van der Waals surface area (Å²) in [6.45, 7) is 3.23. The van der Waals surface area contributed by atoms with Crippen LogP contribution in [0.15, 0.2) is 18.2 Å². The van der Waals surface area contributed by atoms with Crippen LogP contribution in [0.4, 0.5) is 0 Å². The van der Waals surface area contributed by atoms with Crippen molar-refractivity contribution in [3.05, 3.63) is 33.8 Å². The van der Waals surface area contributed by atoms with Crippen LogP contribution in [0.1, 0.15) is 69.9 Å². The van der Waals surface area contributed by atoms with Crippen molar-refractivity contribution >= 4 is 23.2 Å². The zero-order valence-corrected chi connectivity index (χ0v) is 14.5. The molecule has 118 valence electrons. The molecule has 1 fully saturated rings. The van der Waals surface area contributed by atoms with E-state index in [0.29, 0.717) is 11.1 Å². The van der Waals surface area contributed by atoms with Gasteiger partial charge in [0.25, 0.3) is 0 Å². The number of nitrogens with one attached hydrogen (secondary N) is 1. The number of rotatable bonds is 6. The average Bonchev–Trinajstić information content (AvgIpc) is 2.75. The summed E-state index contributed by atoms with van der Waals surface area (Å²) >= 11 is 12.6. The summed E-state index contributed by atoms with van der Waals surface area (Å²) in [5.74, 6) is 0.817. The first-order valence-electron chi connectivity index (χ1n) is 8.39. The molecule has 1 aliphatic rings. The molecule has 1 unspecified atom stereocenters. The van der Waals surface area contributed by atoms with E-state index in [1.54, 1.807) is 0 Å². The number of hydrogen-bond acceptors (Lipinski definition) is 1. The first kappa shape index (κ1) is 17.1. The number of hydrogen-bond donors (Lipinski definition) is 1. The molecule has 1 nitrogen and oxygen atoms in total. The molecule has 1 aromatic carbocycles. The van der Waals surface area contributed by atoms with Gasteiger partial charge in [0, 0.05) is 6.04 Å². The van der Waals surface area contributed by atoms with Crippen molar-refractivity contribution < 1.29 is 0 Å². The quantitative estimate of drug-likeness (QED) is 0.596. The molecule has 0 radical (unpaired) electrons. The lowest BCUT2D eigenvalue weighted by Gasteiger charge is -2.25. The van der Waals surface area contributed by atoms with Crippen LogP contribution in [-0.4, -0.2) is 6.54 Å². The molecule has 0 saturated heterocycles. The van der Waals surface area contributed by atoms with Crippen LogP contribution in [0.2, 0.25) is 10.0 Å². The topological polar surface area (TPSA) is 12.0 Å². The highest BCUT2D eigenvalue weighted by Crippen LogP contribution is 2.36. The Bertz CT molecular complexity index is 425. The van der Waals surface area contributed by atoms with E-state index >= 15 is 0 Å².